The summed E-state index contributed by atoms with van der Waals surface area (Å²) in [6, 6.07) is 0. The van der Waals surface area contributed by atoms with E-state index >= 15 is 0 Å². The lowest BCUT2D eigenvalue weighted by Crippen LogP contribution is -2.24. The van der Waals surface area contributed by atoms with Crippen molar-refractivity contribution in [1.82, 2.24) is 10.6 Å². The predicted molar refractivity (Wildman–Crippen MR) is 32.7 cm³/mol. The lowest BCUT2D eigenvalue weighted by molar-refractivity contribution is -0.122. The maximum atomic E-state index is 10.8. The molecule has 0 bridgehead atoms. The third-order valence-electron chi connectivity index (χ3n) is 1.79. The molecule has 4 heteroatoms. The normalized spacial score (nSPS) is 29.2. The highest BCUT2D eigenvalue weighted by Gasteiger charge is 2.37. The third-order valence-corrected chi connectivity index (χ3v) is 1.79. The van der Waals surface area contributed by atoms with Gasteiger partial charge in [0.2, 0.25) is 11.8 Å². The van der Waals surface area contributed by atoms with E-state index in [-0.39, 0.29) is 17.7 Å². The fourth-order valence-electron chi connectivity index (χ4n) is 1.21. The molecule has 10 heavy (non-hydrogen) atoms. The summed E-state index contributed by atoms with van der Waals surface area (Å²) in [6.07, 6.45) is 1.48. The zero-order chi connectivity index (χ0) is 7.14. The van der Waals surface area contributed by atoms with Crippen LogP contribution in [0.4, 0.5) is 0 Å². The average Bonchev–Trinajstić information content (AvgIpc) is 2.41. The second-order valence-electron chi connectivity index (χ2n) is 2.37. The molecule has 2 rings (SSSR count). The molecule has 1 unspecified atom stereocenters. The van der Waals surface area contributed by atoms with E-state index in [1.54, 1.807) is 0 Å². The molecule has 0 aromatic rings. The maximum absolute atomic E-state index is 10.8. The van der Waals surface area contributed by atoms with Crippen LogP contribution in [0.25, 0.3) is 0 Å². The van der Waals surface area contributed by atoms with Gasteiger partial charge in [-0.3, -0.25) is 9.59 Å². The summed E-state index contributed by atoms with van der Waals surface area (Å²) in [5.41, 5.74) is 0.574. The van der Waals surface area contributed by atoms with Crippen LogP contribution >= 0.6 is 0 Å². The van der Waals surface area contributed by atoms with Gasteiger partial charge in [-0.05, 0) is 0 Å². The van der Waals surface area contributed by atoms with Crippen molar-refractivity contribution in [3.63, 3.8) is 0 Å². The third kappa shape index (κ3) is 0.504. The number of hydrogen-bond acceptors (Lipinski definition) is 2. The van der Waals surface area contributed by atoms with Gasteiger partial charge in [-0.15, -0.1) is 0 Å². The van der Waals surface area contributed by atoms with Crippen LogP contribution in [0.2, 0.25) is 0 Å². The molecule has 0 aromatic carbocycles. The summed E-state index contributed by atoms with van der Waals surface area (Å²) < 4.78 is 0. The summed E-state index contributed by atoms with van der Waals surface area (Å²) in [5, 5.41) is 5.07. The van der Waals surface area contributed by atoms with Crippen LogP contribution in [-0.4, -0.2) is 18.4 Å². The first kappa shape index (κ1) is 5.46. The molecule has 4 nitrogen and oxygen atoms in total. The number of rotatable bonds is 0. The summed E-state index contributed by atoms with van der Waals surface area (Å²) in [6.45, 7) is 0.455. The minimum atomic E-state index is -0.229. The van der Waals surface area contributed by atoms with E-state index < -0.39 is 0 Å². The largest absolute Gasteiger partial charge is 0.351 e. The van der Waals surface area contributed by atoms with E-state index in [0.717, 1.165) is 0 Å². The Morgan fingerprint density at radius 2 is 2.30 bits per heavy atom. The Balaban J connectivity index is 2.37. The molecular weight excluding hydrogens is 132 g/mol. The minimum Gasteiger partial charge on any atom is -0.351 e. The number of carbonyl (C=O) groups excluding carboxylic acids is 2. The van der Waals surface area contributed by atoms with E-state index in [1.807, 2.05) is 0 Å². The van der Waals surface area contributed by atoms with Crippen molar-refractivity contribution in [3.05, 3.63) is 11.8 Å². The van der Waals surface area contributed by atoms with Crippen molar-refractivity contribution in [2.24, 2.45) is 5.92 Å². The fraction of sp³-hybridized carbons (Fsp3) is 0.333. The lowest BCUT2D eigenvalue weighted by Gasteiger charge is -1.95. The lowest BCUT2D eigenvalue weighted by atomic mass is 10.1. The molecule has 2 amide bonds. The second kappa shape index (κ2) is 1.59. The quantitative estimate of drug-likeness (QED) is 0.439. The maximum Gasteiger partial charge on any atom is 0.249 e. The van der Waals surface area contributed by atoms with Crippen LogP contribution in [0, 0.1) is 5.92 Å². The predicted octanol–water partition coefficient (Wildman–Crippen LogP) is -1.25. The Kier molecular flexibility index (Phi) is 0.869. The topological polar surface area (TPSA) is 58.2 Å². The Hall–Kier alpha value is -1.32. The van der Waals surface area contributed by atoms with Gasteiger partial charge in [0.15, 0.2) is 0 Å². The van der Waals surface area contributed by atoms with Crippen LogP contribution in [0.15, 0.2) is 11.8 Å². The Labute approximate surface area is 57.3 Å². The number of nitrogens with one attached hydrogen (secondary N) is 2. The molecule has 2 aliphatic rings. The molecule has 1 saturated heterocycles. The van der Waals surface area contributed by atoms with Gasteiger partial charge >= 0.3 is 0 Å². The van der Waals surface area contributed by atoms with E-state index in [2.05, 4.69) is 10.6 Å². The molecule has 1 atom stereocenters. The fourth-order valence-corrected chi connectivity index (χ4v) is 1.21. The van der Waals surface area contributed by atoms with E-state index in [1.165, 1.54) is 6.20 Å². The van der Waals surface area contributed by atoms with Gasteiger partial charge in [-0.25, -0.2) is 0 Å². The van der Waals surface area contributed by atoms with Crippen LogP contribution < -0.4 is 10.6 Å². The van der Waals surface area contributed by atoms with Gasteiger partial charge < -0.3 is 10.6 Å². The van der Waals surface area contributed by atoms with E-state index in [0.29, 0.717) is 12.1 Å². The molecule has 1 fully saturated rings. The van der Waals surface area contributed by atoms with Gasteiger partial charge in [-0.2, -0.15) is 0 Å². The van der Waals surface area contributed by atoms with Gasteiger partial charge in [0.25, 0.3) is 0 Å². The Bertz CT molecular complexity index is 244. The number of fused-ring (bicyclic) bond motifs is 1. The molecule has 2 N–H and O–H groups in total. The summed E-state index contributed by atoms with van der Waals surface area (Å²) in [7, 11) is 0. The van der Waals surface area contributed by atoms with Crippen LogP contribution in [0.1, 0.15) is 0 Å². The van der Waals surface area contributed by atoms with Gasteiger partial charge in [-0.1, -0.05) is 0 Å². The van der Waals surface area contributed by atoms with E-state index in [4.69, 9.17) is 0 Å². The van der Waals surface area contributed by atoms with Gasteiger partial charge in [0.1, 0.15) is 0 Å². The SMILES string of the molecule is O=C1NCC2C(=O)NC=C12. The minimum absolute atomic E-state index is 0.0756. The van der Waals surface area contributed by atoms with Crippen LogP contribution in [-0.2, 0) is 9.59 Å². The van der Waals surface area contributed by atoms with Gasteiger partial charge in [0, 0.05) is 18.3 Å². The van der Waals surface area contributed by atoms with Crippen molar-refractivity contribution in [1.29, 1.82) is 0 Å². The standard InChI is InChI=1S/C6H6N2O2/c9-5-3-1-7-6(10)4(3)2-8-5/h1,4H,2H2,(H,7,10)(H,8,9). The van der Waals surface area contributed by atoms with Crippen molar-refractivity contribution < 1.29 is 9.59 Å². The number of carbonyl (C=O) groups is 2. The molecule has 0 aromatic heterocycles. The molecule has 0 radical (unpaired) electrons. The highest BCUT2D eigenvalue weighted by Crippen LogP contribution is 2.20. The molecule has 0 spiro atoms. The highest BCUT2D eigenvalue weighted by atomic mass is 16.2. The van der Waals surface area contributed by atoms with Crippen molar-refractivity contribution in [2.45, 2.75) is 0 Å². The second-order valence-corrected chi connectivity index (χ2v) is 2.37. The molecule has 2 heterocycles. The Morgan fingerprint density at radius 1 is 1.50 bits per heavy atom. The van der Waals surface area contributed by atoms with Crippen LogP contribution in [0.3, 0.4) is 0 Å². The monoisotopic (exact) mass is 138 g/mol. The zero-order valence-corrected chi connectivity index (χ0v) is 5.18. The molecule has 52 valence electrons. The van der Waals surface area contributed by atoms with Crippen molar-refractivity contribution >= 4 is 11.8 Å². The highest BCUT2D eigenvalue weighted by molar-refractivity contribution is 6.06. The summed E-state index contributed by atoms with van der Waals surface area (Å²) in [5.74, 6) is -0.427. The average molecular weight is 138 g/mol. The molecular formula is C6H6N2O2. The number of hydrogen-bond donors (Lipinski definition) is 2. The van der Waals surface area contributed by atoms with Crippen LogP contribution in [0.5, 0.6) is 0 Å². The Morgan fingerprint density at radius 3 is 3.00 bits per heavy atom. The molecule has 2 aliphatic heterocycles. The summed E-state index contributed by atoms with van der Waals surface area (Å²) >= 11 is 0. The first-order valence-electron chi connectivity index (χ1n) is 3.07. The zero-order valence-electron chi connectivity index (χ0n) is 5.18. The molecule has 0 saturated carbocycles. The van der Waals surface area contributed by atoms with Gasteiger partial charge in [0.05, 0.1) is 5.92 Å². The smallest absolute Gasteiger partial charge is 0.249 e. The summed E-state index contributed by atoms with van der Waals surface area (Å²) in [4.78, 5) is 21.7. The number of amides is 2. The first-order valence-corrected chi connectivity index (χ1v) is 3.07. The molecule has 0 aliphatic carbocycles. The van der Waals surface area contributed by atoms with E-state index in [9.17, 15) is 9.59 Å². The first-order chi connectivity index (χ1) is 4.79. The van der Waals surface area contributed by atoms with Crippen molar-refractivity contribution in [2.75, 3.05) is 6.54 Å². The van der Waals surface area contributed by atoms with Crippen molar-refractivity contribution in [3.8, 4) is 0 Å².